The number of nitrogens with two attached hydrogens (primary N) is 1. The van der Waals surface area contributed by atoms with E-state index in [1.807, 2.05) is 61.5 Å². The lowest BCUT2D eigenvalue weighted by molar-refractivity contribution is -0.121. The van der Waals surface area contributed by atoms with Crippen molar-refractivity contribution < 1.29 is 9.59 Å². The van der Waals surface area contributed by atoms with Crippen molar-refractivity contribution >= 4 is 23.3 Å². The number of benzene rings is 2. The van der Waals surface area contributed by atoms with Crippen molar-refractivity contribution in [2.45, 2.75) is 57.7 Å². The number of carbonyl (C=O) groups excluding carboxylic acids is 2. The molecule has 3 aromatic rings. The Bertz CT molecular complexity index is 1270. The van der Waals surface area contributed by atoms with E-state index < -0.39 is 0 Å². The number of likely N-dealkylation sites (N-methyl/N-ethyl adjacent to an activating group) is 1. The molecule has 8 nitrogen and oxygen atoms in total. The minimum absolute atomic E-state index is 0.0305. The molecule has 8 heteroatoms. The highest BCUT2D eigenvalue weighted by molar-refractivity contribution is 5.94. The van der Waals surface area contributed by atoms with Crippen molar-refractivity contribution in [2.24, 2.45) is 5.92 Å². The lowest BCUT2D eigenvalue weighted by Crippen LogP contribution is -2.46. The first-order valence-electron chi connectivity index (χ1n) is 13.0. The zero-order valence-corrected chi connectivity index (χ0v) is 21.4. The van der Waals surface area contributed by atoms with Gasteiger partial charge in [-0.1, -0.05) is 37.1 Å². The van der Waals surface area contributed by atoms with Gasteiger partial charge in [-0.25, -0.2) is 9.97 Å². The molecule has 2 amide bonds. The Kier molecular flexibility index (Phi) is 7.08. The van der Waals surface area contributed by atoms with Crippen LogP contribution in [0.15, 0.2) is 54.6 Å². The number of aromatic nitrogens is 2. The highest BCUT2D eigenvalue weighted by Crippen LogP contribution is 2.42. The molecule has 0 unspecified atom stereocenters. The first-order valence-corrected chi connectivity index (χ1v) is 13.0. The fourth-order valence-corrected chi connectivity index (χ4v) is 5.79. The molecule has 1 aliphatic heterocycles. The van der Waals surface area contributed by atoms with Gasteiger partial charge in [0.25, 0.3) is 5.91 Å². The van der Waals surface area contributed by atoms with E-state index >= 15 is 0 Å². The third-order valence-electron chi connectivity index (χ3n) is 7.60. The van der Waals surface area contributed by atoms with Gasteiger partial charge in [0.05, 0.1) is 12.2 Å². The summed E-state index contributed by atoms with van der Waals surface area (Å²) in [5, 5.41) is 5.82. The Hall–Kier alpha value is -3.94. The van der Waals surface area contributed by atoms with Crippen LogP contribution in [0.5, 0.6) is 0 Å². The van der Waals surface area contributed by atoms with E-state index in [4.69, 9.17) is 10.7 Å². The van der Waals surface area contributed by atoms with Gasteiger partial charge in [-0.15, -0.1) is 0 Å². The number of nitrogens with one attached hydrogen (secondary N) is 2. The maximum atomic E-state index is 12.9. The fraction of sp³-hybridized carbons (Fsp3) is 0.379. The first kappa shape index (κ1) is 24.7. The summed E-state index contributed by atoms with van der Waals surface area (Å²) in [5.41, 5.74) is 9.86. The number of aryl methyl sites for hydroxylation is 1. The van der Waals surface area contributed by atoms with Crippen molar-refractivity contribution in [1.82, 2.24) is 20.6 Å². The molecule has 2 heterocycles. The second-order valence-corrected chi connectivity index (χ2v) is 10.0. The molecule has 1 aliphatic carbocycles. The smallest absolute Gasteiger partial charge is 0.251 e. The average Bonchev–Trinajstić information content (AvgIpc) is 3.31. The summed E-state index contributed by atoms with van der Waals surface area (Å²) in [6, 6.07) is 17.2. The third-order valence-corrected chi connectivity index (χ3v) is 7.60. The van der Waals surface area contributed by atoms with Crippen LogP contribution in [0.3, 0.4) is 0 Å². The molecule has 1 saturated carbocycles. The van der Waals surface area contributed by atoms with Crippen molar-refractivity contribution in [1.29, 1.82) is 0 Å². The quantitative estimate of drug-likeness (QED) is 0.445. The summed E-state index contributed by atoms with van der Waals surface area (Å²) in [5.74, 6) is 1.77. The highest BCUT2D eigenvalue weighted by Gasteiger charge is 2.45. The van der Waals surface area contributed by atoms with Gasteiger partial charge in [0, 0.05) is 30.4 Å². The summed E-state index contributed by atoms with van der Waals surface area (Å²) in [7, 11) is 1.69. The second-order valence-electron chi connectivity index (χ2n) is 10.0. The van der Waals surface area contributed by atoms with Crippen LogP contribution >= 0.6 is 0 Å². The second kappa shape index (κ2) is 10.6. The zero-order valence-electron chi connectivity index (χ0n) is 21.4. The first-order chi connectivity index (χ1) is 17.9. The minimum Gasteiger partial charge on any atom is -0.399 e. The van der Waals surface area contributed by atoms with E-state index in [2.05, 4.69) is 20.5 Å². The molecule has 2 aliphatic rings. The van der Waals surface area contributed by atoms with Crippen LogP contribution in [0.1, 0.15) is 54.0 Å². The number of amides is 2. The molecular formula is C29H34N6O2. The van der Waals surface area contributed by atoms with E-state index in [1.165, 1.54) is 12.8 Å². The molecular weight excluding hydrogens is 464 g/mol. The Balaban J connectivity index is 1.30. The van der Waals surface area contributed by atoms with E-state index in [9.17, 15) is 9.59 Å². The average molecular weight is 499 g/mol. The Morgan fingerprint density at radius 1 is 1.00 bits per heavy atom. The van der Waals surface area contributed by atoms with Gasteiger partial charge in [-0.2, -0.15) is 0 Å². The SMILES string of the molecule is CNC(=O)[C@@H]1C[C@@H]2CCCC[C@@H]2N1c1cc(CNC(=O)c2ccc(-c3ccc(N)cc3)cc2)nc(C)n1. The number of carbonyl (C=O) groups is 2. The van der Waals surface area contributed by atoms with Crippen molar-refractivity contribution in [2.75, 3.05) is 17.7 Å². The maximum absolute atomic E-state index is 12.9. The van der Waals surface area contributed by atoms with Crippen LogP contribution in [0.2, 0.25) is 0 Å². The maximum Gasteiger partial charge on any atom is 0.251 e. The monoisotopic (exact) mass is 498 g/mol. The van der Waals surface area contributed by atoms with Crippen LogP contribution in [-0.4, -0.2) is 40.9 Å². The number of hydrogen-bond donors (Lipinski definition) is 3. The van der Waals surface area contributed by atoms with Crippen LogP contribution in [0.25, 0.3) is 11.1 Å². The van der Waals surface area contributed by atoms with Crippen LogP contribution in [0, 0.1) is 12.8 Å². The van der Waals surface area contributed by atoms with Crippen LogP contribution in [-0.2, 0) is 11.3 Å². The number of anilines is 2. The number of rotatable bonds is 6. The van der Waals surface area contributed by atoms with Crippen LogP contribution in [0.4, 0.5) is 11.5 Å². The van der Waals surface area contributed by atoms with E-state index in [0.29, 0.717) is 23.3 Å². The molecule has 5 rings (SSSR count). The van der Waals surface area contributed by atoms with E-state index in [0.717, 1.165) is 47.6 Å². The molecule has 2 aromatic carbocycles. The Labute approximate surface area is 217 Å². The van der Waals surface area contributed by atoms with Crippen molar-refractivity contribution in [3.05, 3.63) is 71.7 Å². The lowest BCUT2D eigenvalue weighted by atomic mass is 9.84. The predicted octanol–water partition coefficient (Wildman–Crippen LogP) is 3.85. The molecule has 1 aromatic heterocycles. The van der Waals surface area contributed by atoms with Crippen LogP contribution < -0.4 is 21.3 Å². The molecule has 3 atom stereocenters. The Morgan fingerprint density at radius 2 is 1.68 bits per heavy atom. The number of hydrogen-bond acceptors (Lipinski definition) is 6. The molecule has 1 saturated heterocycles. The van der Waals surface area contributed by atoms with E-state index in [-0.39, 0.29) is 24.4 Å². The summed E-state index contributed by atoms with van der Waals surface area (Å²) >= 11 is 0. The van der Waals surface area contributed by atoms with Crippen molar-refractivity contribution in [3.63, 3.8) is 0 Å². The molecule has 37 heavy (non-hydrogen) atoms. The number of nitrogen functional groups attached to an aromatic ring is 1. The zero-order chi connectivity index (χ0) is 25.9. The van der Waals surface area contributed by atoms with Gasteiger partial charge in [-0.3, -0.25) is 9.59 Å². The summed E-state index contributed by atoms with van der Waals surface area (Å²) in [6.07, 6.45) is 5.46. The van der Waals surface area contributed by atoms with Gasteiger partial charge in [-0.05, 0) is 67.5 Å². The lowest BCUT2D eigenvalue weighted by Gasteiger charge is -2.34. The Morgan fingerprint density at radius 3 is 2.38 bits per heavy atom. The normalized spacial score (nSPS) is 20.8. The highest BCUT2D eigenvalue weighted by atomic mass is 16.2. The van der Waals surface area contributed by atoms with Gasteiger partial charge in [0.1, 0.15) is 17.7 Å². The summed E-state index contributed by atoms with van der Waals surface area (Å²) in [6.45, 7) is 2.13. The molecule has 0 radical (unpaired) electrons. The minimum atomic E-state index is -0.227. The number of fused-ring (bicyclic) bond motifs is 1. The molecule has 4 N–H and O–H groups in total. The topological polar surface area (TPSA) is 113 Å². The van der Waals surface area contributed by atoms with Crippen molar-refractivity contribution in [3.8, 4) is 11.1 Å². The van der Waals surface area contributed by atoms with Gasteiger partial charge in [0.2, 0.25) is 5.91 Å². The van der Waals surface area contributed by atoms with Gasteiger partial charge >= 0.3 is 0 Å². The molecule has 0 bridgehead atoms. The predicted molar refractivity (Wildman–Crippen MR) is 145 cm³/mol. The molecule has 192 valence electrons. The molecule has 0 spiro atoms. The summed E-state index contributed by atoms with van der Waals surface area (Å²) in [4.78, 5) is 37.1. The number of nitrogens with zero attached hydrogens (tertiary/aromatic N) is 3. The molecule has 2 fully saturated rings. The standard InChI is InChI=1S/C29H34N6O2/c1-18-33-24(16-27(34-18)35-25-6-4-3-5-22(25)15-26(35)29(37)31-2)17-32-28(36)21-9-7-19(8-10-21)20-11-13-23(30)14-12-20/h7-14,16,22,25-26H,3-6,15,17,30H2,1-2H3,(H,31,37)(H,32,36)/t22-,25-,26-/m0/s1. The van der Waals surface area contributed by atoms with E-state index in [1.54, 1.807) is 7.05 Å². The third kappa shape index (κ3) is 5.28. The largest absolute Gasteiger partial charge is 0.399 e. The fourth-order valence-electron chi connectivity index (χ4n) is 5.79. The van der Waals surface area contributed by atoms with Gasteiger partial charge in [0.15, 0.2) is 0 Å². The summed E-state index contributed by atoms with van der Waals surface area (Å²) < 4.78 is 0. The van der Waals surface area contributed by atoms with Gasteiger partial charge < -0.3 is 21.3 Å².